The number of hydrogen-bond acceptors (Lipinski definition) is 2. The molecule has 1 aliphatic rings. The Morgan fingerprint density at radius 1 is 0.829 bits per heavy atom. The first-order chi connectivity index (χ1) is 17.3. The maximum Gasteiger partial charge on any atom is 0.223 e. The Bertz CT molecular complexity index is 1220. The van der Waals surface area contributed by atoms with Gasteiger partial charge in [-0.1, -0.05) is 91.0 Å². The second-order valence-electron chi connectivity index (χ2n) is 9.38. The number of benzene rings is 3. The van der Waals surface area contributed by atoms with E-state index < -0.39 is 0 Å². The molecule has 178 valence electrons. The molecule has 1 unspecified atom stereocenters. The minimum Gasteiger partial charge on any atom is -0.340 e. The van der Waals surface area contributed by atoms with Gasteiger partial charge in [-0.15, -0.1) is 0 Å². The monoisotopic (exact) mass is 463 g/mol. The highest BCUT2D eigenvalue weighted by Crippen LogP contribution is 2.32. The van der Waals surface area contributed by atoms with Crippen molar-refractivity contribution in [3.8, 4) is 22.5 Å². The van der Waals surface area contributed by atoms with E-state index >= 15 is 0 Å². The highest BCUT2D eigenvalue weighted by molar-refractivity contribution is 5.78. The van der Waals surface area contributed by atoms with Crippen molar-refractivity contribution in [2.45, 2.75) is 51.1 Å². The van der Waals surface area contributed by atoms with Crippen LogP contribution in [0, 0.1) is 0 Å². The lowest BCUT2D eigenvalue weighted by molar-refractivity contribution is -0.135. The van der Waals surface area contributed by atoms with Gasteiger partial charge in [0.25, 0.3) is 0 Å². The van der Waals surface area contributed by atoms with Gasteiger partial charge >= 0.3 is 0 Å². The zero-order valence-corrected chi connectivity index (χ0v) is 20.2. The van der Waals surface area contributed by atoms with Crippen molar-refractivity contribution >= 4 is 5.91 Å². The predicted molar refractivity (Wildman–Crippen MR) is 142 cm³/mol. The van der Waals surface area contributed by atoms with E-state index in [2.05, 4.69) is 70.1 Å². The smallest absolute Gasteiger partial charge is 0.223 e. The van der Waals surface area contributed by atoms with Crippen LogP contribution in [-0.4, -0.2) is 32.9 Å². The fraction of sp³-hybridized carbons (Fsp3) is 0.290. The van der Waals surface area contributed by atoms with Crippen LogP contribution in [0.5, 0.6) is 0 Å². The van der Waals surface area contributed by atoms with Crippen LogP contribution in [0.25, 0.3) is 22.5 Å². The van der Waals surface area contributed by atoms with Crippen LogP contribution in [0.1, 0.15) is 37.7 Å². The summed E-state index contributed by atoms with van der Waals surface area (Å²) in [4.78, 5) is 20.2. The molecule has 1 amide bonds. The van der Waals surface area contributed by atoms with Gasteiger partial charge in [-0.3, -0.25) is 4.79 Å². The van der Waals surface area contributed by atoms with E-state index in [1.807, 2.05) is 36.7 Å². The zero-order valence-electron chi connectivity index (χ0n) is 20.2. The van der Waals surface area contributed by atoms with Crippen molar-refractivity contribution < 1.29 is 4.79 Å². The number of carbonyl (C=O) groups excluding carboxylic acids is 1. The molecule has 0 N–H and O–H groups in total. The van der Waals surface area contributed by atoms with Crippen molar-refractivity contribution in [1.29, 1.82) is 0 Å². The van der Waals surface area contributed by atoms with Gasteiger partial charge < -0.3 is 9.47 Å². The highest BCUT2D eigenvalue weighted by Gasteiger charge is 2.26. The normalized spacial score (nSPS) is 15.8. The standard InChI is InChI=1S/C31H33N3O/c35-29(20-19-25-12-4-1-5-13-25)34-22-11-10-18-28(34)21-23-33-24-32-30(26-14-6-2-7-15-26)31(33)27-16-8-3-9-17-27/h1-9,12-17,24,28H,10-11,18-23H2. The second-order valence-corrected chi connectivity index (χ2v) is 9.38. The van der Waals surface area contributed by atoms with Crippen molar-refractivity contribution in [1.82, 2.24) is 14.5 Å². The van der Waals surface area contributed by atoms with Gasteiger partial charge in [0, 0.05) is 36.7 Å². The molecule has 0 spiro atoms. The zero-order chi connectivity index (χ0) is 23.9. The lowest BCUT2D eigenvalue weighted by Gasteiger charge is -2.36. The van der Waals surface area contributed by atoms with Crippen LogP contribution in [0.3, 0.4) is 0 Å². The Morgan fingerprint density at radius 3 is 2.20 bits per heavy atom. The van der Waals surface area contributed by atoms with Gasteiger partial charge in [0.05, 0.1) is 17.7 Å². The second kappa shape index (κ2) is 11.2. The highest BCUT2D eigenvalue weighted by atomic mass is 16.2. The van der Waals surface area contributed by atoms with Crippen LogP contribution < -0.4 is 0 Å². The lowest BCUT2D eigenvalue weighted by atomic mass is 9.98. The molecule has 4 aromatic rings. The largest absolute Gasteiger partial charge is 0.340 e. The minimum absolute atomic E-state index is 0.289. The first-order valence-electron chi connectivity index (χ1n) is 12.8. The summed E-state index contributed by atoms with van der Waals surface area (Å²) in [6, 6.07) is 31.5. The molecule has 0 aliphatic carbocycles. The molecular weight excluding hydrogens is 430 g/mol. The van der Waals surface area contributed by atoms with Gasteiger partial charge in [0.1, 0.15) is 0 Å². The van der Waals surface area contributed by atoms with E-state index in [-0.39, 0.29) is 5.91 Å². The molecule has 2 heterocycles. The first kappa shape index (κ1) is 23.1. The van der Waals surface area contributed by atoms with Crippen LogP contribution in [0.15, 0.2) is 97.3 Å². The Labute approximate surface area is 208 Å². The molecule has 5 rings (SSSR count). The summed E-state index contributed by atoms with van der Waals surface area (Å²) < 4.78 is 2.28. The maximum absolute atomic E-state index is 13.2. The van der Waals surface area contributed by atoms with E-state index in [0.29, 0.717) is 12.5 Å². The molecule has 0 radical (unpaired) electrons. The summed E-state index contributed by atoms with van der Waals surface area (Å²) in [5.74, 6) is 0.289. The Kier molecular flexibility index (Phi) is 7.38. The quantitative estimate of drug-likeness (QED) is 0.294. The van der Waals surface area contributed by atoms with Crippen molar-refractivity contribution in [2.75, 3.05) is 6.54 Å². The number of amides is 1. The number of aryl methyl sites for hydroxylation is 2. The molecule has 0 bridgehead atoms. The van der Waals surface area contributed by atoms with E-state index in [1.54, 1.807) is 0 Å². The molecule has 1 atom stereocenters. The number of rotatable bonds is 8. The molecule has 1 saturated heterocycles. The third-order valence-corrected chi connectivity index (χ3v) is 7.05. The number of imidazole rings is 1. The summed E-state index contributed by atoms with van der Waals surface area (Å²) in [6.45, 7) is 1.72. The maximum atomic E-state index is 13.2. The molecule has 3 aromatic carbocycles. The molecule has 1 aliphatic heterocycles. The number of hydrogen-bond donors (Lipinski definition) is 0. The molecule has 35 heavy (non-hydrogen) atoms. The molecule has 1 aromatic heterocycles. The Morgan fingerprint density at radius 2 is 1.49 bits per heavy atom. The number of piperidine rings is 1. The average molecular weight is 464 g/mol. The fourth-order valence-electron chi connectivity index (χ4n) is 5.21. The molecular formula is C31H33N3O. The Hall–Kier alpha value is -3.66. The van der Waals surface area contributed by atoms with E-state index in [4.69, 9.17) is 4.98 Å². The SMILES string of the molecule is O=C(CCc1ccccc1)N1CCCCC1CCn1cnc(-c2ccccc2)c1-c1ccccc1. The molecule has 0 saturated carbocycles. The van der Waals surface area contributed by atoms with Gasteiger partial charge in [0.15, 0.2) is 0 Å². The topological polar surface area (TPSA) is 38.1 Å². The van der Waals surface area contributed by atoms with E-state index in [9.17, 15) is 4.79 Å². The third kappa shape index (κ3) is 5.54. The summed E-state index contributed by atoms with van der Waals surface area (Å²) in [5.41, 5.74) is 5.68. The van der Waals surface area contributed by atoms with Gasteiger partial charge in [-0.25, -0.2) is 4.98 Å². The lowest BCUT2D eigenvalue weighted by Crippen LogP contribution is -2.44. The summed E-state index contributed by atoms with van der Waals surface area (Å²) >= 11 is 0. The van der Waals surface area contributed by atoms with Crippen LogP contribution in [-0.2, 0) is 17.8 Å². The summed E-state index contributed by atoms with van der Waals surface area (Å²) in [5, 5.41) is 0. The first-order valence-corrected chi connectivity index (χ1v) is 12.8. The van der Waals surface area contributed by atoms with Gasteiger partial charge in [-0.05, 0) is 37.7 Å². The number of likely N-dealkylation sites (tertiary alicyclic amines) is 1. The predicted octanol–water partition coefficient (Wildman–Crippen LogP) is 6.62. The van der Waals surface area contributed by atoms with Crippen LogP contribution in [0.2, 0.25) is 0 Å². The van der Waals surface area contributed by atoms with E-state index in [0.717, 1.165) is 55.7 Å². The average Bonchev–Trinajstić information content (AvgIpc) is 3.36. The van der Waals surface area contributed by atoms with Crippen molar-refractivity contribution in [3.05, 3.63) is 103 Å². The van der Waals surface area contributed by atoms with Crippen molar-refractivity contribution in [2.24, 2.45) is 0 Å². The number of aromatic nitrogens is 2. The molecule has 4 nitrogen and oxygen atoms in total. The van der Waals surface area contributed by atoms with Gasteiger partial charge in [0.2, 0.25) is 5.91 Å². The van der Waals surface area contributed by atoms with Crippen LogP contribution >= 0.6 is 0 Å². The van der Waals surface area contributed by atoms with Crippen molar-refractivity contribution in [3.63, 3.8) is 0 Å². The molecule has 4 heteroatoms. The van der Waals surface area contributed by atoms with Gasteiger partial charge in [-0.2, -0.15) is 0 Å². The summed E-state index contributed by atoms with van der Waals surface area (Å²) in [6.07, 6.45) is 7.68. The third-order valence-electron chi connectivity index (χ3n) is 7.05. The fourth-order valence-corrected chi connectivity index (χ4v) is 5.21. The minimum atomic E-state index is 0.289. The number of nitrogens with zero attached hydrogens (tertiary/aromatic N) is 3. The molecule has 1 fully saturated rings. The van der Waals surface area contributed by atoms with E-state index in [1.165, 1.54) is 17.5 Å². The van der Waals surface area contributed by atoms with Crippen LogP contribution in [0.4, 0.5) is 0 Å². The number of carbonyl (C=O) groups is 1. The summed E-state index contributed by atoms with van der Waals surface area (Å²) in [7, 11) is 0. The Balaban J connectivity index is 1.32.